The molecule has 2 N–H and O–H groups in total. The van der Waals surface area contributed by atoms with Crippen molar-refractivity contribution in [2.45, 2.75) is 39.0 Å². The highest BCUT2D eigenvalue weighted by Gasteiger charge is 2.15. The van der Waals surface area contributed by atoms with Gasteiger partial charge in [-0.25, -0.2) is 9.97 Å². The third-order valence-electron chi connectivity index (χ3n) is 4.19. The molecule has 24 heavy (non-hydrogen) atoms. The van der Waals surface area contributed by atoms with Crippen LogP contribution in [-0.2, 0) is 19.3 Å². The maximum absolute atomic E-state index is 12.1. The summed E-state index contributed by atoms with van der Waals surface area (Å²) in [5, 5.41) is 2.79. The van der Waals surface area contributed by atoms with Gasteiger partial charge in [0.05, 0.1) is 5.56 Å². The van der Waals surface area contributed by atoms with Gasteiger partial charge in [0.1, 0.15) is 10.8 Å². The van der Waals surface area contributed by atoms with Crippen LogP contribution < -0.4 is 10.9 Å². The minimum Gasteiger partial charge on any atom is -0.352 e. The lowest BCUT2D eigenvalue weighted by atomic mass is 9.95. The van der Waals surface area contributed by atoms with Crippen LogP contribution in [0.15, 0.2) is 17.1 Å². The topological polar surface area (TPSA) is 87.7 Å². The number of aromatic nitrogens is 3. The Morgan fingerprint density at radius 2 is 2.12 bits per heavy atom. The number of nitrogens with zero attached hydrogens (tertiary/aromatic N) is 2. The van der Waals surface area contributed by atoms with E-state index in [1.807, 2.05) is 6.92 Å². The van der Waals surface area contributed by atoms with E-state index in [0.717, 1.165) is 30.1 Å². The molecule has 7 heteroatoms. The molecule has 2 aromatic rings. The second kappa shape index (κ2) is 7.13. The average Bonchev–Trinajstić information content (AvgIpc) is 2.57. The quantitative estimate of drug-likeness (QED) is 0.886. The average molecular weight is 347 g/mol. The molecular formula is C17H19ClN4O2. The SMILES string of the molecule is Cc1nc(CCNC(=O)c2c[nH]c(=O)c(Cl)c2)nc2c1CCCC2. The molecule has 0 atom stereocenters. The summed E-state index contributed by atoms with van der Waals surface area (Å²) in [4.78, 5) is 34.9. The summed E-state index contributed by atoms with van der Waals surface area (Å²) in [5.41, 5.74) is 3.40. The predicted octanol–water partition coefficient (Wildman–Crippen LogP) is 1.98. The molecule has 0 saturated carbocycles. The number of halogens is 1. The van der Waals surface area contributed by atoms with Crippen LogP contribution in [0.1, 0.15) is 46.0 Å². The number of carbonyl (C=O) groups excluding carboxylic acids is 1. The third-order valence-corrected chi connectivity index (χ3v) is 4.47. The van der Waals surface area contributed by atoms with E-state index in [9.17, 15) is 9.59 Å². The van der Waals surface area contributed by atoms with Gasteiger partial charge in [0.15, 0.2) is 0 Å². The fourth-order valence-corrected chi connectivity index (χ4v) is 3.11. The monoisotopic (exact) mass is 346 g/mol. The number of carbonyl (C=O) groups is 1. The molecule has 0 aromatic carbocycles. The van der Waals surface area contributed by atoms with Gasteiger partial charge in [0, 0.05) is 30.6 Å². The number of amides is 1. The van der Waals surface area contributed by atoms with Crippen LogP contribution in [0.4, 0.5) is 0 Å². The zero-order chi connectivity index (χ0) is 17.1. The third kappa shape index (κ3) is 3.64. The predicted molar refractivity (Wildman–Crippen MR) is 91.5 cm³/mol. The van der Waals surface area contributed by atoms with Gasteiger partial charge in [0.2, 0.25) is 0 Å². The fourth-order valence-electron chi connectivity index (χ4n) is 2.93. The Hall–Kier alpha value is -2.21. The van der Waals surface area contributed by atoms with Crippen LogP contribution >= 0.6 is 11.6 Å². The first-order valence-electron chi connectivity index (χ1n) is 8.06. The van der Waals surface area contributed by atoms with E-state index >= 15 is 0 Å². The molecular weight excluding hydrogens is 328 g/mol. The normalized spacial score (nSPS) is 13.4. The molecule has 0 fully saturated rings. The molecule has 3 rings (SSSR count). The van der Waals surface area contributed by atoms with Gasteiger partial charge in [-0.3, -0.25) is 9.59 Å². The number of pyridine rings is 1. The first-order chi connectivity index (χ1) is 11.5. The molecule has 1 amide bonds. The van der Waals surface area contributed by atoms with Gasteiger partial charge in [-0.15, -0.1) is 0 Å². The van der Waals surface area contributed by atoms with Gasteiger partial charge in [-0.1, -0.05) is 11.6 Å². The lowest BCUT2D eigenvalue weighted by Crippen LogP contribution is -2.27. The highest BCUT2D eigenvalue weighted by molar-refractivity contribution is 6.30. The van der Waals surface area contributed by atoms with Crippen molar-refractivity contribution < 1.29 is 4.79 Å². The number of aryl methyl sites for hydroxylation is 2. The Balaban J connectivity index is 1.62. The van der Waals surface area contributed by atoms with E-state index < -0.39 is 5.56 Å². The van der Waals surface area contributed by atoms with Crippen molar-refractivity contribution in [3.63, 3.8) is 0 Å². The summed E-state index contributed by atoms with van der Waals surface area (Å²) in [6.07, 6.45) is 6.36. The van der Waals surface area contributed by atoms with E-state index in [1.165, 1.54) is 30.7 Å². The summed E-state index contributed by atoms with van der Waals surface area (Å²) in [7, 11) is 0. The fraction of sp³-hybridized carbons (Fsp3) is 0.412. The van der Waals surface area contributed by atoms with Crippen molar-refractivity contribution in [1.29, 1.82) is 0 Å². The first-order valence-corrected chi connectivity index (χ1v) is 8.44. The molecule has 0 radical (unpaired) electrons. The molecule has 2 heterocycles. The summed E-state index contributed by atoms with van der Waals surface area (Å²) < 4.78 is 0. The highest BCUT2D eigenvalue weighted by atomic mass is 35.5. The molecule has 126 valence electrons. The second-order valence-electron chi connectivity index (χ2n) is 5.93. The maximum atomic E-state index is 12.1. The van der Waals surface area contributed by atoms with Crippen LogP contribution in [0, 0.1) is 6.92 Å². The van der Waals surface area contributed by atoms with E-state index in [4.69, 9.17) is 11.6 Å². The van der Waals surface area contributed by atoms with Crippen LogP contribution in [0.2, 0.25) is 5.02 Å². The Kier molecular flexibility index (Phi) is 4.94. The largest absolute Gasteiger partial charge is 0.352 e. The van der Waals surface area contributed by atoms with Crippen molar-refractivity contribution in [2.75, 3.05) is 6.54 Å². The first kappa shape index (κ1) is 16.6. The Morgan fingerprint density at radius 3 is 2.92 bits per heavy atom. The molecule has 0 bridgehead atoms. The van der Waals surface area contributed by atoms with Crippen molar-refractivity contribution >= 4 is 17.5 Å². The summed E-state index contributed by atoms with van der Waals surface area (Å²) in [5.74, 6) is 0.468. The Morgan fingerprint density at radius 1 is 1.33 bits per heavy atom. The summed E-state index contributed by atoms with van der Waals surface area (Å²) in [6.45, 7) is 2.45. The van der Waals surface area contributed by atoms with Crippen LogP contribution in [0.5, 0.6) is 0 Å². The van der Waals surface area contributed by atoms with E-state index in [2.05, 4.69) is 20.3 Å². The van der Waals surface area contributed by atoms with Crippen molar-refractivity contribution in [3.8, 4) is 0 Å². The molecule has 2 aromatic heterocycles. The van der Waals surface area contributed by atoms with Gasteiger partial charge in [-0.2, -0.15) is 0 Å². The number of nitrogens with one attached hydrogen (secondary N) is 2. The molecule has 1 aliphatic rings. The number of H-pyrrole nitrogens is 1. The van der Waals surface area contributed by atoms with Crippen molar-refractivity contribution in [1.82, 2.24) is 20.3 Å². The van der Waals surface area contributed by atoms with Gasteiger partial charge in [-0.05, 0) is 44.2 Å². The Labute approximate surface area is 144 Å². The lowest BCUT2D eigenvalue weighted by molar-refractivity contribution is 0.0953. The number of aromatic amines is 1. The molecule has 0 unspecified atom stereocenters. The molecule has 0 spiro atoms. The molecule has 0 saturated heterocycles. The molecule has 0 aliphatic heterocycles. The lowest BCUT2D eigenvalue weighted by Gasteiger charge is -2.17. The number of hydrogen-bond donors (Lipinski definition) is 2. The molecule has 6 nitrogen and oxygen atoms in total. The standard InChI is InChI=1S/C17H19ClN4O2/c1-10-12-4-2-3-5-14(12)22-15(21-10)6-7-19-16(23)11-8-13(18)17(24)20-9-11/h8-9H,2-7H2,1H3,(H,19,23)(H,20,24). The van der Waals surface area contributed by atoms with Crippen molar-refractivity contribution in [2.24, 2.45) is 0 Å². The Bertz CT molecular complexity index is 832. The minimum atomic E-state index is -0.411. The number of rotatable bonds is 4. The summed E-state index contributed by atoms with van der Waals surface area (Å²) in [6, 6.07) is 1.36. The van der Waals surface area contributed by atoms with Gasteiger partial charge in [0.25, 0.3) is 11.5 Å². The van der Waals surface area contributed by atoms with Gasteiger partial charge < -0.3 is 10.3 Å². The van der Waals surface area contributed by atoms with Crippen LogP contribution in [0.25, 0.3) is 0 Å². The number of hydrogen-bond acceptors (Lipinski definition) is 4. The second-order valence-corrected chi connectivity index (χ2v) is 6.34. The molecule has 1 aliphatic carbocycles. The van der Waals surface area contributed by atoms with Gasteiger partial charge >= 0.3 is 0 Å². The van der Waals surface area contributed by atoms with Crippen LogP contribution in [0.3, 0.4) is 0 Å². The van der Waals surface area contributed by atoms with E-state index in [1.54, 1.807) is 0 Å². The zero-order valence-corrected chi connectivity index (χ0v) is 14.2. The zero-order valence-electron chi connectivity index (χ0n) is 13.5. The number of fused-ring (bicyclic) bond motifs is 1. The smallest absolute Gasteiger partial charge is 0.266 e. The highest BCUT2D eigenvalue weighted by Crippen LogP contribution is 2.21. The van der Waals surface area contributed by atoms with Crippen LogP contribution in [-0.4, -0.2) is 27.4 Å². The van der Waals surface area contributed by atoms with E-state index in [-0.39, 0.29) is 10.9 Å². The maximum Gasteiger partial charge on any atom is 0.266 e. The summed E-state index contributed by atoms with van der Waals surface area (Å²) >= 11 is 5.73. The van der Waals surface area contributed by atoms with Crippen molar-refractivity contribution in [3.05, 3.63) is 56.0 Å². The van der Waals surface area contributed by atoms with E-state index in [0.29, 0.717) is 18.5 Å². The minimum absolute atomic E-state index is 0.00343.